The number of thiocarbonyl (C=S) groups is 1. The summed E-state index contributed by atoms with van der Waals surface area (Å²) in [5.41, 5.74) is 3.72. The number of amides is 2. The molecule has 1 N–H and O–H groups in total. The summed E-state index contributed by atoms with van der Waals surface area (Å²) >= 11 is 15.6. The van der Waals surface area contributed by atoms with Gasteiger partial charge in [0, 0.05) is 10.6 Å². The number of ether oxygens (including phenoxy) is 1. The lowest BCUT2D eigenvalue weighted by molar-refractivity contribution is -0.123. The molecule has 0 atom stereocenters. The highest BCUT2D eigenvalue weighted by molar-refractivity contribution is 9.10. The highest BCUT2D eigenvalue weighted by Crippen LogP contribution is 2.33. The van der Waals surface area contributed by atoms with Crippen molar-refractivity contribution in [2.75, 3.05) is 6.61 Å². The second kappa shape index (κ2) is 9.09. The van der Waals surface area contributed by atoms with Crippen molar-refractivity contribution in [1.82, 2.24) is 10.4 Å². The Morgan fingerprint density at radius 2 is 2.04 bits per heavy atom. The minimum absolute atomic E-state index is 0.253. The number of hydrogen-bond acceptors (Lipinski definition) is 5. The molecule has 2 aromatic rings. The summed E-state index contributed by atoms with van der Waals surface area (Å²) in [6.07, 6.45) is 1.72. The highest BCUT2D eigenvalue weighted by Gasteiger charge is 2.33. The molecule has 28 heavy (non-hydrogen) atoms. The molecule has 1 aliphatic heterocycles. The summed E-state index contributed by atoms with van der Waals surface area (Å²) < 4.78 is 6.53. The normalized spacial score (nSPS) is 15.2. The maximum Gasteiger partial charge on any atom is 0.285 e. The maximum absolute atomic E-state index is 12.7. The molecule has 0 aromatic heterocycles. The Labute approximate surface area is 185 Å². The Kier molecular flexibility index (Phi) is 6.77. The van der Waals surface area contributed by atoms with E-state index in [1.165, 1.54) is 0 Å². The van der Waals surface area contributed by atoms with E-state index in [2.05, 4.69) is 21.4 Å². The molecule has 1 aliphatic rings. The van der Waals surface area contributed by atoms with Crippen LogP contribution in [0, 0.1) is 0 Å². The molecule has 0 radical (unpaired) electrons. The lowest BCUT2D eigenvalue weighted by atomic mass is 10.2. The van der Waals surface area contributed by atoms with Gasteiger partial charge in [-0.1, -0.05) is 29.4 Å². The third-order valence-corrected chi connectivity index (χ3v) is 5.84. The van der Waals surface area contributed by atoms with Gasteiger partial charge in [-0.2, -0.15) is 5.01 Å². The average Bonchev–Trinajstić information content (AvgIpc) is 2.92. The van der Waals surface area contributed by atoms with E-state index in [9.17, 15) is 9.59 Å². The van der Waals surface area contributed by atoms with Crippen LogP contribution in [0.4, 0.5) is 0 Å². The molecule has 0 spiro atoms. The first-order valence-corrected chi connectivity index (χ1v) is 10.6. The SMILES string of the molecule is CCOc1ccc(/C=C2\SC(=S)N(NC(=O)c3ccc(Cl)cc3)C2=O)cc1Br. The number of thioether (sulfide) groups is 1. The molecule has 1 heterocycles. The van der Waals surface area contributed by atoms with Gasteiger partial charge in [0.1, 0.15) is 5.75 Å². The lowest BCUT2D eigenvalue weighted by Crippen LogP contribution is -2.44. The molecule has 1 saturated heterocycles. The smallest absolute Gasteiger partial charge is 0.285 e. The third-order valence-electron chi connectivity index (χ3n) is 3.67. The Bertz CT molecular complexity index is 980. The van der Waals surface area contributed by atoms with Crippen LogP contribution >= 0.6 is 51.5 Å². The van der Waals surface area contributed by atoms with E-state index in [1.807, 2.05) is 25.1 Å². The van der Waals surface area contributed by atoms with E-state index in [-0.39, 0.29) is 10.2 Å². The van der Waals surface area contributed by atoms with E-state index < -0.39 is 5.91 Å². The van der Waals surface area contributed by atoms with Crippen LogP contribution in [0.3, 0.4) is 0 Å². The van der Waals surface area contributed by atoms with Crippen LogP contribution < -0.4 is 10.2 Å². The number of benzene rings is 2. The standard InChI is InChI=1S/C19H14BrClN2O3S2/c1-2-26-15-8-3-11(9-14(15)20)10-16-18(25)23(19(27)28-16)22-17(24)12-4-6-13(21)7-5-12/h3-10H,2H2,1H3,(H,22,24)/b16-10-. The van der Waals surface area contributed by atoms with E-state index in [4.69, 9.17) is 28.6 Å². The third kappa shape index (κ3) is 4.75. The fourth-order valence-electron chi connectivity index (χ4n) is 2.36. The molecule has 1 fully saturated rings. The van der Waals surface area contributed by atoms with Crippen molar-refractivity contribution < 1.29 is 14.3 Å². The van der Waals surface area contributed by atoms with E-state index in [1.54, 1.807) is 30.3 Å². The molecule has 3 rings (SSSR count). The fraction of sp³-hybridized carbons (Fsp3) is 0.105. The van der Waals surface area contributed by atoms with Gasteiger partial charge in [0.05, 0.1) is 16.0 Å². The van der Waals surface area contributed by atoms with Crippen molar-refractivity contribution in [3.8, 4) is 5.75 Å². The topological polar surface area (TPSA) is 58.6 Å². The van der Waals surface area contributed by atoms with E-state index in [0.29, 0.717) is 22.1 Å². The van der Waals surface area contributed by atoms with E-state index >= 15 is 0 Å². The summed E-state index contributed by atoms with van der Waals surface area (Å²) in [7, 11) is 0. The number of hydrogen-bond donors (Lipinski definition) is 1. The van der Waals surface area contributed by atoms with Gasteiger partial charge >= 0.3 is 0 Å². The first-order chi connectivity index (χ1) is 13.4. The molecule has 5 nitrogen and oxygen atoms in total. The monoisotopic (exact) mass is 496 g/mol. The predicted molar refractivity (Wildman–Crippen MR) is 119 cm³/mol. The molecule has 0 bridgehead atoms. The molecule has 2 amide bonds. The number of halogens is 2. The van der Waals surface area contributed by atoms with Crippen LogP contribution in [0.15, 0.2) is 51.8 Å². The Hall–Kier alpha value is -1.87. The van der Waals surface area contributed by atoms with Gasteiger partial charge in [0.15, 0.2) is 4.32 Å². The summed E-state index contributed by atoms with van der Waals surface area (Å²) in [4.78, 5) is 25.4. The average molecular weight is 498 g/mol. The number of carbonyl (C=O) groups is 2. The van der Waals surface area contributed by atoms with Gasteiger partial charge in [-0.3, -0.25) is 15.0 Å². The second-order valence-corrected chi connectivity index (χ2v) is 8.55. The Morgan fingerprint density at radius 1 is 1.32 bits per heavy atom. The zero-order chi connectivity index (χ0) is 20.3. The first kappa shape index (κ1) is 20.9. The van der Waals surface area contributed by atoms with Crippen molar-refractivity contribution in [3.05, 3.63) is 68.0 Å². The van der Waals surface area contributed by atoms with Gasteiger partial charge in [-0.05, 0) is 83.1 Å². The number of hydrazine groups is 1. The molecular formula is C19H14BrClN2O3S2. The van der Waals surface area contributed by atoms with Crippen LogP contribution in [-0.2, 0) is 4.79 Å². The van der Waals surface area contributed by atoms with Crippen molar-refractivity contribution in [2.45, 2.75) is 6.92 Å². The number of nitrogens with one attached hydrogen (secondary N) is 1. The van der Waals surface area contributed by atoms with Gasteiger partial charge in [0.2, 0.25) is 0 Å². The minimum atomic E-state index is -0.446. The number of rotatable bonds is 5. The maximum atomic E-state index is 12.7. The Balaban J connectivity index is 1.75. The van der Waals surface area contributed by atoms with Gasteiger partial charge in [-0.15, -0.1) is 0 Å². The molecule has 9 heteroatoms. The van der Waals surface area contributed by atoms with Crippen molar-refractivity contribution >= 4 is 73.7 Å². The van der Waals surface area contributed by atoms with Crippen molar-refractivity contribution in [3.63, 3.8) is 0 Å². The summed E-state index contributed by atoms with van der Waals surface area (Å²) in [5, 5.41) is 1.60. The summed E-state index contributed by atoms with van der Waals surface area (Å²) in [6, 6.07) is 11.9. The van der Waals surface area contributed by atoms with Gasteiger partial charge in [0.25, 0.3) is 11.8 Å². The van der Waals surface area contributed by atoms with Crippen LogP contribution in [0.2, 0.25) is 5.02 Å². The molecule has 0 saturated carbocycles. The zero-order valence-electron chi connectivity index (χ0n) is 14.6. The molecular weight excluding hydrogens is 484 g/mol. The zero-order valence-corrected chi connectivity index (χ0v) is 18.5. The van der Waals surface area contributed by atoms with Crippen LogP contribution in [0.1, 0.15) is 22.8 Å². The summed E-state index contributed by atoms with van der Waals surface area (Å²) in [6.45, 7) is 2.47. The summed E-state index contributed by atoms with van der Waals surface area (Å²) in [5.74, 6) is -0.109. The predicted octanol–water partition coefficient (Wildman–Crippen LogP) is 5.05. The van der Waals surface area contributed by atoms with Crippen LogP contribution in [0.5, 0.6) is 5.75 Å². The quantitative estimate of drug-likeness (QED) is 0.463. The van der Waals surface area contributed by atoms with Gasteiger partial charge in [-0.25, -0.2) is 0 Å². The van der Waals surface area contributed by atoms with Crippen molar-refractivity contribution in [2.24, 2.45) is 0 Å². The molecule has 2 aromatic carbocycles. The largest absolute Gasteiger partial charge is 0.493 e. The van der Waals surface area contributed by atoms with E-state index in [0.717, 1.165) is 32.6 Å². The molecule has 144 valence electrons. The second-order valence-electron chi connectivity index (χ2n) is 5.59. The minimum Gasteiger partial charge on any atom is -0.493 e. The lowest BCUT2D eigenvalue weighted by Gasteiger charge is -2.15. The fourth-order valence-corrected chi connectivity index (χ4v) is 4.18. The molecule has 0 unspecified atom stereocenters. The van der Waals surface area contributed by atoms with Gasteiger partial charge < -0.3 is 4.74 Å². The highest BCUT2D eigenvalue weighted by atomic mass is 79.9. The first-order valence-electron chi connectivity index (χ1n) is 8.16. The van der Waals surface area contributed by atoms with Crippen molar-refractivity contribution in [1.29, 1.82) is 0 Å². The number of nitrogens with zero attached hydrogens (tertiary/aromatic N) is 1. The van der Waals surface area contributed by atoms with Crippen LogP contribution in [-0.4, -0.2) is 27.8 Å². The molecule has 0 aliphatic carbocycles. The van der Waals surface area contributed by atoms with Crippen LogP contribution in [0.25, 0.3) is 6.08 Å². The number of carbonyl (C=O) groups excluding carboxylic acids is 2. The Morgan fingerprint density at radius 3 is 2.68 bits per heavy atom.